The van der Waals surface area contributed by atoms with Crippen LogP contribution in [0.15, 0.2) is 60.1 Å². The molecule has 0 amide bonds. The van der Waals surface area contributed by atoms with Crippen molar-refractivity contribution in [2.45, 2.75) is 40.0 Å². The molecule has 1 aromatic heterocycles. The van der Waals surface area contributed by atoms with Gasteiger partial charge in [0.25, 0.3) is 0 Å². The summed E-state index contributed by atoms with van der Waals surface area (Å²) in [5.41, 5.74) is 4.41. The Morgan fingerprint density at radius 2 is 1.86 bits per heavy atom. The molecule has 29 heavy (non-hydrogen) atoms. The highest BCUT2D eigenvalue weighted by Gasteiger charge is 2.07. The van der Waals surface area contributed by atoms with Crippen molar-refractivity contribution in [3.63, 3.8) is 0 Å². The third kappa shape index (κ3) is 5.81. The zero-order valence-corrected chi connectivity index (χ0v) is 17.4. The Morgan fingerprint density at radius 1 is 1.10 bits per heavy atom. The third-order valence-electron chi connectivity index (χ3n) is 4.33. The standard InChI is InChI=1S/C22H28N6O/c1-16(2)29-21-11-17(3)5-8-19(21)13-26-22(23-4)25-12-18-6-9-20(10-7-18)28-15-24-14-27-28/h5-11,14-16H,12-13H2,1-4H3,(H2,23,25,26). The van der Waals surface area contributed by atoms with Crippen LogP contribution in [0.3, 0.4) is 0 Å². The van der Waals surface area contributed by atoms with Crippen LogP contribution in [0.25, 0.3) is 5.69 Å². The summed E-state index contributed by atoms with van der Waals surface area (Å²) in [5.74, 6) is 1.65. The molecule has 0 unspecified atom stereocenters. The molecule has 2 N–H and O–H groups in total. The monoisotopic (exact) mass is 392 g/mol. The van der Waals surface area contributed by atoms with Crippen LogP contribution in [0.5, 0.6) is 5.75 Å². The molecule has 0 fully saturated rings. The van der Waals surface area contributed by atoms with Crippen molar-refractivity contribution < 1.29 is 4.74 Å². The lowest BCUT2D eigenvalue weighted by Gasteiger charge is -2.17. The summed E-state index contributed by atoms with van der Waals surface area (Å²) in [6.07, 6.45) is 3.34. The number of aryl methyl sites for hydroxylation is 1. The molecule has 0 radical (unpaired) electrons. The van der Waals surface area contributed by atoms with E-state index >= 15 is 0 Å². The summed E-state index contributed by atoms with van der Waals surface area (Å²) >= 11 is 0. The number of ether oxygens (including phenoxy) is 1. The molecule has 2 aromatic carbocycles. The molecule has 0 atom stereocenters. The number of nitrogens with zero attached hydrogens (tertiary/aromatic N) is 4. The smallest absolute Gasteiger partial charge is 0.191 e. The number of nitrogens with one attached hydrogen (secondary N) is 2. The summed E-state index contributed by atoms with van der Waals surface area (Å²) in [6.45, 7) is 7.44. The van der Waals surface area contributed by atoms with Gasteiger partial charge < -0.3 is 15.4 Å². The fraction of sp³-hybridized carbons (Fsp3) is 0.318. The van der Waals surface area contributed by atoms with E-state index in [0.29, 0.717) is 13.1 Å². The predicted molar refractivity (Wildman–Crippen MR) is 115 cm³/mol. The van der Waals surface area contributed by atoms with Crippen LogP contribution in [0.4, 0.5) is 0 Å². The van der Waals surface area contributed by atoms with Crippen molar-refractivity contribution in [2.75, 3.05) is 7.05 Å². The second kappa shape index (κ2) is 9.73. The first-order valence-corrected chi connectivity index (χ1v) is 9.70. The molecule has 152 valence electrons. The van der Waals surface area contributed by atoms with E-state index in [-0.39, 0.29) is 6.10 Å². The van der Waals surface area contributed by atoms with Crippen molar-refractivity contribution in [3.8, 4) is 11.4 Å². The zero-order valence-electron chi connectivity index (χ0n) is 17.4. The largest absolute Gasteiger partial charge is 0.491 e. The predicted octanol–water partition coefficient (Wildman–Crippen LogP) is 3.23. The SMILES string of the molecule is CN=C(NCc1ccc(-n2cncn2)cc1)NCc1ccc(C)cc1OC(C)C. The molecule has 0 aliphatic rings. The molecule has 3 aromatic rings. The zero-order chi connectivity index (χ0) is 20.6. The molecule has 3 rings (SSSR count). The maximum atomic E-state index is 5.95. The molecule has 0 spiro atoms. The number of aromatic nitrogens is 3. The van der Waals surface area contributed by atoms with Crippen LogP contribution in [-0.2, 0) is 13.1 Å². The average Bonchev–Trinajstić information content (AvgIpc) is 3.24. The normalized spacial score (nSPS) is 11.6. The quantitative estimate of drug-likeness (QED) is 0.477. The Morgan fingerprint density at radius 3 is 2.52 bits per heavy atom. The molecule has 0 bridgehead atoms. The molecule has 7 nitrogen and oxygen atoms in total. The summed E-state index contributed by atoms with van der Waals surface area (Å²) in [6, 6.07) is 14.4. The summed E-state index contributed by atoms with van der Waals surface area (Å²) in [7, 11) is 1.77. The Hall–Kier alpha value is -3.35. The number of hydrogen-bond acceptors (Lipinski definition) is 4. The van der Waals surface area contributed by atoms with Gasteiger partial charge in [-0.3, -0.25) is 4.99 Å². The Labute approximate surface area is 171 Å². The van der Waals surface area contributed by atoms with Gasteiger partial charge in [-0.15, -0.1) is 0 Å². The van der Waals surface area contributed by atoms with Crippen molar-refractivity contribution in [1.29, 1.82) is 0 Å². The summed E-state index contributed by atoms with van der Waals surface area (Å²) < 4.78 is 7.68. The van der Waals surface area contributed by atoms with E-state index < -0.39 is 0 Å². The number of guanidine groups is 1. The first-order chi connectivity index (χ1) is 14.0. The van der Waals surface area contributed by atoms with Crippen LogP contribution >= 0.6 is 0 Å². The van der Waals surface area contributed by atoms with Gasteiger partial charge in [-0.25, -0.2) is 9.67 Å². The minimum Gasteiger partial charge on any atom is -0.491 e. The molecule has 0 saturated heterocycles. The van der Waals surface area contributed by atoms with Crippen LogP contribution in [0, 0.1) is 6.92 Å². The number of hydrogen-bond donors (Lipinski definition) is 2. The van der Waals surface area contributed by atoms with Gasteiger partial charge in [-0.2, -0.15) is 5.10 Å². The minimum atomic E-state index is 0.133. The van der Waals surface area contributed by atoms with Crippen LogP contribution < -0.4 is 15.4 Å². The summed E-state index contributed by atoms with van der Waals surface area (Å²) in [5, 5.41) is 10.8. The van der Waals surface area contributed by atoms with Gasteiger partial charge in [0, 0.05) is 25.7 Å². The van der Waals surface area contributed by atoms with E-state index in [1.165, 1.54) is 11.9 Å². The highest BCUT2D eigenvalue weighted by molar-refractivity contribution is 5.79. The van der Waals surface area contributed by atoms with Gasteiger partial charge in [-0.1, -0.05) is 24.3 Å². The maximum absolute atomic E-state index is 5.95. The topological polar surface area (TPSA) is 76.4 Å². The van der Waals surface area contributed by atoms with Crippen molar-refractivity contribution >= 4 is 5.96 Å². The highest BCUT2D eigenvalue weighted by Crippen LogP contribution is 2.21. The van der Waals surface area contributed by atoms with Gasteiger partial charge >= 0.3 is 0 Å². The lowest BCUT2D eigenvalue weighted by Crippen LogP contribution is -2.36. The molecule has 7 heteroatoms. The Kier molecular flexibility index (Phi) is 6.84. The lowest BCUT2D eigenvalue weighted by atomic mass is 10.1. The maximum Gasteiger partial charge on any atom is 0.191 e. The lowest BCUT2D eigenvalue weighted by molar-refractivity contribution is 0.239. The minimum absolute atomic E-state index is 0.133. The van der Waals surface area contributed by atoms with E-state index in [0.717, 1.165) is 28.5 Å². The number of aliphatic imine (C=N–C) groups is 1. The van der Waals surface area contributed by atoms with Gasteiger partial charge in [0.05, 0.1) is 11.8 Å². The van der Waals surface area contributed by atoms with E-state index in [1.807, 2.05) is 26.0 Å². The molecule has 0 saturated carbocycles. The fourth-order valence-corrected chi connectivity index (χ4v) is 2.86. The van der Waals surface area contributed by atoms with E-state index in [4.69, 9.17) is 4.74 Å². The third-order valence-corrected chi connectivity index (χ3v) is 4.33. The molecular formula is C22H28N6O. The van der Waals surface area contributed by atoms with Gasteiger partial charge in [0.15, 0.2) is 5.96 Å². The molecule has 0 aliphatic carbocycles. The van der Waals surface area contributed by atoms with E-state index in [9.17, 15) is 0 Å². The van der Waals surface area contributed by atoms with Crippen molar-refractivity contribution in [1.82, 2.24) is 25.4 Å². The van der Waals surface area contributed by atoms with Gasteiger partial charge in [-0.05, 0) is 50.1 Å². The second-order valence-electron chi connectivity index (χ2n) is 7.06. The number of benzene rings is 2. The second-order valence-corrected chi connectivity index (χ2v) is 7.06. The molecular weight excluding hydrogens is 364 g/mol. The highest BCUT2D eigenvalue weighted by atomic mass is 16.5. The average molecular weight is 393 g/mol. The van der Waals surface area contributed by atoms with Crippen LogP contribution in [0.1, 0.15) is 30.5 Å². The van der Waals surface area contributed by atoms with Gasteiger partial charge in [0.1, 0.15) is 18.4 Å². The molecule has 1 heterocycles. The summed E-state index contributed by atoms with van der Waals surface area (Å²) in [4.78, 5) is 8.29. The fourth-order valence-electron chi connectivity index (χ4n) is 2.86. The van der Waals surface area contributed by atoms with Crippen molar-refractivity contribution in [3.05, 3.63) is 71.8 Å². The van der Waals surface area contributed by atoms with Gasteiger partial charge in [0.2, 0.25) is 0 Å². The first kappa shape index (κ1) is 20.4. The van der Waals surface area contributed by atoms with E-state index in [1.54, 1.807) is 18.1 Å². The Bertz CT molecular complexity index is 932. The van der Waals surface area contributed by atoms with Crippen LogP contribution in [-0.4, -0.2) is 33.9 Å². The van der Waals surface area contributed by atoms with Crippen molar-refractivity contribution in [2.24, 2.45) is 4.99 Å². The Balaban J connectivity index is 1.56. The first-order valence-electron chi connectivity index (χ1n) is 9.70. The van der Waals surface area contributed by atoms with Crippen LogP contribution in [0.2, 0.25) is 0 Å². The number of rotatable bonds is 7. The van der Waals surface area contributed by atoms with E-state index in [2.05, 4.69) is 63.0 Å². The molecule has 0 aliphatic heterocycles.